The van der Waals surface area contributed by atoms with Gasteiger partial charge in [-0.25, -0.2) is 4.39 Å². The summed E-state index contributed by atoms with van der Waals surface area (Å²) in [6, 6.07) is 14.3. The van der Waals surface area contributed by atoms with Crippen molar-refractivity contribution in [2.24, 2.45) is 0 Å². The number of benzene rings is 2. The normalized spacial score (nSPS) is 10.2. The van der Waals surface area contributed by atoms with Crippen molar-refractivity contribution in [2.45, 2.75) is 9.79 Å². The lowest BCUT2D eigenvalue weighted by Crippen LogP contribution is -1.91. The van der Waals surface area contributed by atoms with Crippen LogP contribution in [-0.4, -0.2) is 0 Å². The van der Waals surface area contributed by atoms with Crippen molar-refractivity contribution >= 4 is 17.4 Å². The SMILES string of the molecule is Nc1cccc(F)c1Sc1ccccc1. The van der Waals surface area contributed by atoms with E-state index in [4.69, 9.17) is 5.73 Å². The van der Waals surface area contributed by atoms with E-state index in [1.54, 1.807) is 12.1 Å². The number of rotatable bonds is 2. The van der Waals surface area contributed by atoms with Crippen LogP contribution in [0.3, 0.4) is 0 Å². The van der Waals surface area contributed by atoms with Gasteiger partial charge < -0.3 is 5.73 Å². The van der Waals surface area contributed by atoms with Crippen molar-refractivity contribution in [2.75, 3.05) is 5.73 Å². The van der Waals surface area contributed by atoms with E-state index in [0.717, 1.165) is 4.90 Å². The molecule has 2 aromatic rings. The highest BCUT2D eigenvalue weighted by Crippen LogP contribution is 2.33. The molecule has 0 heterocycles. The van der Waals surface area contributed by atoms with E-state index < -0.39 is 0 Å². The molecule has 3 heteroatoms. The number of hydrogen-bond donors (Lipinski definition) is 1. The first-order valence-electron chi connectivity index (χ1n) is 4.54. The predicted molar refractivity (Wildman–Crippen MR) is 61.4 cm³/mol. The molecule has 15 heavy (non-hydrogen) atoms. The molecule has 0 saturated carbocycles. The zero-order valence-corrected chi connectivity index (χ0v) is 8.80. The first-order chi connectivity index (χ1) is 7.27. The van der Waals surface area contributed by atoms with E-state index in [0.29, 0.717) is 10.6 Å². The van der Waals surface area contributed by atoms with Crippen molar-refractivity contribution < 1.29 is 4.39 Å². The summed E-state index contributed by atoms with van der Waals surface area (Å²) in [6.45, 7) is 0. The highest BCUT2D eigenvalue weighted by Gasteiger charge is 2.06. The molecule has 2 aromatic carbocycles. The highest BCUT2D eigenvalue weighted by molar-refractivity contribution is 7.99. The van der Waals surface area contributed by atoms with Crippen molar-refractivity contribution in [3.63, 3.8) is 0 Å². The summed E-state index contributed by atoms with van der Waals surface area (Å²) in [5.41, 5.74) is 6.18. The molecule has 76 valence electrons. The topological polar surface area (TPSA) is 26.0 Å². The second kappa shape index (κ2) is 4.36. The molecule has 0 aliphatic heterocycles. The summed E-state index contributed by atoms with van der Waals surface area (Å²) in [6.07, 6.45) is 0. The summed E-state index contributed by atoms with van der Waals surface area (Å²) in [4.78, 5) is 1.47. The van der Waals surface area contributed by atoms with Crippen LogP contribution in [0.15, 0.2) is 58.3 Å². The predicted octanol–water partition coefficient (Wildman–Crippen LogP) is 3.56. The third-order valence-electron chi connectivity index (χ3n) is 1.96. The van der Waals surface area contributed by atoms with Crippen molar-refractivity contribution in [1.29, 1.82) is 0 Å². The van der Waals surface area contributed by atoms with E-state index in [1.807, 2.05) is 30.3 Å². The van der Waals surface area contributed by atoms with Gasteiger partial charge in [-0.15, -0.1) is 0 Å². The lowest BCUT2D eigenvalue weighted by molar-refractivity contribution is 0.603. The minimum absolute atomic E-state index is 0.274. The molecule has 0 amide bonds. The largest absolute Gasteiger partial charge is 0.398 e. The van der Waals surface area contributed by atoms with Crippen LogP contribution < -0.4 is 5.73 Å². The van der Waals surface area contributed by atoms with Crippen LogP contribution in [0, 0.1) is 5.82 Å². The molecule has 0 aliphatic rings. The molecule has 0 atom stereocenters. The number of halogens is 1. The molecule has 0 spiro atoms. The number of nitrogens with two attached hydrogens (primary N) is 1. The fraction of sp³-hybridized carbons (Fsp3) is 0. The lowest BCUT2D eigenvalue weighted by Gasteiger charge is -2.05. The minimum Gasteiger partial charge on any atom is -0.398 e. The smallest absolute Gasteiger partial charge is 0.139 e. The van der Waals surface area contributed by atoms with Gasteiger partial charge in [-0.3, -0.25) is 0 Å². The lowest BCUT2D eigenvalue weighted by atomic mass is 10.3. The third-order valence-corrected chi connectivity index (χ3v) is 3.10. The fourth-order valence-corrected chi connectivity index (χ4v) is 2.12. The Balaban J connectivity index is 2.32. The van der Waals surface area contributed by atoms with Gasteiger partial charge in [-0.2, -0.15) is 0 Å². The number of hydrogen-bond acceptors (Lipinski definition) is 2. The van der Waals surface area contributed by atoms with Gasteiger partial charge in [0.05, 0.1) is 4.90 Å². The maximum absolute atomic E-state index is 13.4. The molecule has 0 saturated heterocycles. The quantitative estimate of drug-likeness (QED) is 0.781. The molecule has 2 N–H and O–H groups in total. The van der Waals surface area contributed by atoms with Gasteiger partial charge in [-0.1, -0.05) is 36.0 Å². The van der Waals surface area contributed by atoms with Crippen LogP contribution in [0.4, 0.5) is 10.1 Å². The molecular weight excluding hydrogens is 209 g/mol. The first-order valence-corrected chi connectivity index (χ1v) is 5.36. The molecule has 0 aromatic heterocycles. The van der Waals surface area contributed by atoms with E-state index in [2.05, 4.69) is 0 Å². The Morgan fingerprint density at radius 3 is 2.33 bits per heavy atom. The van der Waals surface area contributed by atoms with E-state index in [-0.39, 0.29) is 5.82 Å². The van der Waals surface area contributed by atoms with Gasteiger partial charge in [-0.05, 0) is 24.3 Å². The van der Waals surface area contributed by atoms with Crippen LogP contribution in [0.2, 0.25) is 0 Å². The molecule has 0 aliphatic carbocycles. The molecule has 0 radical (unpaired) electrons. The Morgan fingerprint density at radius 1 is 0.933 bits per heavy atom. The standard InChI is InChI=1S/C12H10FNS/c13-10-7-4-8-11(14)12(10)15-9-5-2-1-3-6-9/h1-8H,14H2. The maximum atomic E-state index is 13.4. The van der Waals surface area contributed by atoms with Crippen LogP contribution in [0.5, 0.6) is 0 Å². The third kappa shape index (κ3) is 2.30. The number of anilines is 1. The monoisotopic (exact) mass is 219 g/mol. The minimum atomic E-state index is -0.274. The molecular formula is C12H10FNS. The second-order valence-electron chi connectivity index (χ2n) is 3.07. The summed E-state index contributed by atoms with van der Waals surface area (Å²) in [7, 11) is 0. The van der Waals surface area contributed by atoms with Crippen molar-refractivity contribution in [1.82, 2.24) is 0 Å². The van der Waals surface area contributed by atoms with Gasteiger partial charge in [0.15, 0.2) is 0 Å². The van der Waals surface area contributed by atoms with Gasteiger partial charge in [0.25, 0.3) is 0 Å². The summed E-state index contributed by atoms with van der Waals surface area (Å²) in [5.74, 6) is -0.274. The Labute approximate surface area is 92.1 Å². The van der Waals surface area contributed by atoms with Crippen molar-refractivity contribution in [3.05, 3.63) is 54.3 Å². The van der Waals surface area contributed by atoms with E-state index >= 15 is 0 Å². The average molecular weight is 219 g/mol. The summed E-state index contributed by atoms with van der Waals surface area (Å²) in [5, 5.41) is 0. The van der Waals surface area contributed by atoms with E-state index in [1.165, 1.54) is 17.8 Å². The Hall–Kier alpha value is -1.48. The Bertz CT molecular complexity index is 436. The summed E-state index contributed by atoms with van der Waals surface area (Å²) < 4.78 is 13.4. The van der Waals surface area contributed by atoms with Gasteiger partial charge in [0, 0.05) is 10.6 Å². The first kappa shape index (κ1) is 10.1. The van der Waals surface area contributed by atoms with Gasteiger partial charge in [0.2, 0.25) is 0 Å². The Morgan fingerprint density at radius 2 is 1.67 bits per heavy atom. The van der Waals surface area contributed by atoms with Crippen molar-refractivity contribution in [3.8, 4) is 0 Å². The maximum Gasteiger partial charge on any atom is 0.139 e. The molecule has 1 nitrogen and oxygen atoms in total. The Kier molecular flexibility index (Phi) is 2.92. The number of nitrogen functional groups attached to an aromatic ring is 1. The van der Waals surface area contributed by atoms with E-state index in [9.17, 15) is 4.39 Å². The highest BCUT2D eigenvalue weighted by atomic mass is 32.2. The zero-order chi connectivity index (χ0) is 10.7. The molecule has 2 rings (SSSR count). The fourth-order valence-electron chi connectivity index (χ4n) is 1.24. The molecule has 0 bridgehead atoms. The van der Waals surface area contributed by atoms with Gasteiger partial charge >= 0.3 is 0 Å². The van der Waals surface area contributed by atoms with Gasteiger partial charge in [0.1, 0.15) is 5.82 Å². The summed E-state index contributed by atoms with van der Waals surface area (Å²) >= 11 is 1.34. The van der Waals surface area contributed by atoms with Crippen LogP contribution >= 0.6 is 11.8 Å². The average Bonchev–Trinajstić information content (AvgIpc) is 2.25. The molecule has 0 fully saturated rings. The molecule has 0 unspecified atom stereocenters. The zero-order valence-electron chi connectivity index (χ0n) is 7.98. The van der Waals surface area contributed by atoms with Crippen LogP contribution in [0.25, 0.3) is 0 Å². The van der Waals surface area contributed by atoms with Crippen LogP contribution in [0.1, 0.15) is 0 Å². The second-order valence-corrected chi connectivity index (χ2v) is 4.16. The van der Waals surface area contributed by atoms with Crippen LogP contribution in [-0.2, 0) is 0 Å².